The van der Waals surface area contributed by atoms with E-state index in [0.717, 1.165) is 37.2 Å². The second-order valence-electron chi connectivity index (χ2n) is 5.76. The van der Waals surface area contributed by atoms with Crippen LogP contribution < -0.4 is 5.32 Å². The van der Waals surface area contributed by atoms with Crippen LogP contribution in [0.3, 0.4) is 0 Å². The number of hydrogen-bond acceptors (Lipinski definition) is 5. The van der Waals surface area contributed by atoms with Gasteiger partial charge in [0.25, 0.3) is 0 Å². The summed E-state index contributed by atoms with van der Waals surface area (Å²) < 4.78 is 5.89. The van der Waals surface area contributed by atoms with E-state index in [1.807, 2.05) is 11.3 Å². The van der Waals surface area contributed by atoms with E-state index in [-0.39, 0.29) is 0 Å². The number of nitrogens with zero attached hydrogens (tertiary/aromatic N) is 2. The monoisotopic (exact) mass is 289 g/mol. The van der Waals surface area contributed by atoms with E-state index < -0.39 is 0 Å². The Bertz CT molecular complexity index is 587. The highest BCUT2D eigenvalue weighted by molar-refractivity contribution is 7.10. The Balaban J connectivity index is 1.45. The van der Waals surface area contributed by atoms with Crippen molar-refractivity contribution in [2.24, 2.45) is 0 Å². The molecule has 1 unspecified atom stereocenters. The van der Waals surface area contributed by atoms with Gasteiger partial charge in [-0.1, -0.05) is 0 Å². The first-order valence-corrected chi connectivity index (χ1v) is 8.40. The molecule has 2 aromatic rings. The number of aryl methyl sites for hydroxylation is 1. The first-order chi connectivity index (χ1) is 9.90. The molecule has 1 saturated carbocycles. The minimum absolute atomic E-state index is 0.322. The van der Waals surface area contributed by atoms with Crippen LogP contribution in [0.15, 0.2) is 15.9 Å². The molecule has 1 fully saturated rings. The third kappa shape index (κ3) is 2.52. The Kier molecular flexibility index (Phi) is 3.32. The van der Waals surface area contributed by atoms with Crippen LogP contribution in [0.5, 0.6) is 0 Å². The lowest BCUT2D eigenvalue weighted by molar-refractivity contribution is 0.411. The van der Waals surface area contributed by atoms with E-state index in [1.54, 1.807) is 0 Å². The van der Waals surface area contributed by atoms with E-state index in [9.17, 15) is 0 Å². The van der Waals surface area contributed by atoms with Crippen molar-refractivity contribution in [2.45, 2.75) is 50.5 Å². The Morgan fingerprint density at radius 3 is 3.15 bits per heavy atom. The highest BCUT2D eigenvalue weighted by Crippen LogP contribution is 2.38. The van der Waals surface area contributed by atoms with Crippen LogP contribution in [0.1, 0.15) is 53.8 Å². The Morgan fingerprint density at radius 1 is 1.30 bits per heavy atom. The Hall–Kier alpha value is -1.20. The maximum absolute atomic E-state index is 5.89. The summed E-state index contributed by atoms with van der Waals surface area (Å²) in [5.41, 5.74) is 1.41. The van der Waals surface area contributed by atoms with Gasteiger partial charge in [-0.15, -0.1) is 21.5 Å². The van der Waals surface area contributed by atoms with Gasteiger partial charge in [-0.2, -0.15) is 0 Å². The van der Waals surface area contributed by atoms with Crippen molar-refractivity contribution in [3.05, 3.63) is 33.7 Å². The third-order valence-electron chi connectivity index (χ3n) is 4.18. The van der Waals surface area contributed by atoms with Crippen molar-refractivity contribution < 1.29 is 4.42 Å². The average molecular weight is 289 g/mol. The van der Waals surface area contributed by atoms with Crippen LogP contribution in [-0.4, -0.2) is 22.8 Å². The molecule has 0 aromatic carbocycles. The summed E-state index contributed by atoms with van der Waals surface area (Å²) >= 11 is 1.85. The number of fused-ring (bicyclic) bond motifs is 1. The molecule has 2 heterocycles. The van der Waals surface area contributed by atoms with E-state index >= 15 is 0 Å². The number of rotatable bonds is 5. The molecule has 0 aliphatic heterocycles. The van der Waals surface area contributed by atoms with Gasteiger partial charge in [-0.05, 0) is 49.1 Å². The fraction of sp³-hybridized carbons (Fsp3) is 0.600. The standard InChI is InChI=1S/C15H19N3OS/c1-2-12(11-7-9-20-13(11)3-1)15-18-17-14(19-15)6-8-16-10-4-5-10/h7,9-10,12,16H,1-6,8H2. The minimum atomic E-state index is 0.322. The predicted molar refractivity (Wildman–Crippen MR) is 78.1 cm³/mol. The summed E-state index contributed by atoms with van der Waals surface area (Å²) in [6.45, 7) is 0.945. The number of thiophene rings is 1. The normalized spacial score (nSPS) is 21.9. The van der Waals surface area contributed by atoms with Crippen LogP contribution >= 0.6 is 11.3 Å². The fourth-order valence-electron chi connectivity index (χ4n) is 2.92. The summed E-state index contributed by atoms with van der Waals surface area (Å²) in [5, 5.41) is 14.2. The van der Waals surface area contributed by atoms with Gasteiger partial charge < -0.3 is 9.73 Å². The highest BCUT2D eigenvalue weighted by Gasteiger charge is 2.27. The maximum atomic E-state index is 5.89. The molecule has 1 atom stereocenters. The molecule has 0 bridgehead atoms. The van der Waals surface area contributed by atoms with E-state index in [4.69, 9.17) is 4.42 Å². The SMILES string of the molecule is c1cc2c(s1)CCCC2c1nnc(CCNC2CC2)o1. The van der Waals surface area contributed by atoms with Gasteiger partial charge in [0.2, 0.25) is 11.8 Å². The second kappa shape index (κ2) is 5.30. The summed E-state index contributed by atoms with van der Waals surface area (Å²) in [6, 6.07) is 2.96. The number of aromatic nitrogens is 2. The van der Waals surface area contributed by atoms with Crippen LogP contribution in [0.2, 0.25) is 0 Å². The van der Waals surface area contributed by atoms with Crippen molar-refractivity contribution >= 4 is 11.3 Å². The molecule has 2 aliphatic carbocycles. The molecule has 0 saturated heterocycles. The molecule has 0 amide bonds. The molecule has 2 aromatic heterocycles. The van der Waals surface area contributed by atoms with Crippen molar-refractivity contribution in [3.8, 4) is 0 Å². The predicted octanol–water partition coefficient (Wildman–Crippen LogP) is 2.89. The van der Waals surface area contributed by atoms with Crippen molar-refractivity contribution in [1.82, 2.24) is 15.5 Å². The van der Waals surface area contributed by atoms with Gasteiger partial charge >= 0.3 is 0 Å². The van der Waals surface area contributed by atoms with Gasteiger partial charge in [-0.3, -0.25) is 0 Å². The van der Waals surface area contributed by atoms with Crippen molar-refractivity contribution in [1.29, 1.82) is 0 Å². The minimum Gasteiger partial charge on any atom is -0.425 e. The zero-order valence-electron chi connectivity index (χ0n) is 11.5. The molecule has 106 valence electrons. The lowest BCUT2D eigenvalue weighted by atomic mass is 9.88. The van der Waals surface area contributed by atoms with Gasteiger partial charge in [-0.25, -0.2) is 0 Å². The molecule has 1 N–H and O–H groups in total. The third-order valence-corrected chi connectivity index (χ3v) is 5.18. The molecular weight excluding hydrogens is 270 g/mol. The maximum Gasteiger partial charge on any atom is 0.224 e. The lowest BCUT2D eigenvalue weighted by Gasteiger charge is -2.18. The first-order valence-electron chi connectivity index (χ1n) is 7.52. The lowest BCUT2D eigenvalue weighted by Crippen LogP contribution is -2.19. The van der Waals surface area contributed by atoms with Crippen molar-refractivity contribution in [2.75, 3.05) is 6.54 Å². The zero-order chi connectivity index (χ0) is 13.4. The quantitative estimate of drug-likeness (QED) is 0.919. The number of nitrogens with one attached hydrogen (secondary N) is 1. The summed E-state index contributed by atoms with van der Waals surface area (Å²) in [7, 11) is 0. The van der Waals surface area contributed by atoms with Crippen LogP contribution in [-0.2, 0) is 12.8 Å². The molecule has 0 spiro atoms. The largest absolute Gasteiger partial charge is 0.425 e. The molecule has 0 radical (unpaired) electrons. The molecule has 20 heavy (non-hydrogen) atoms. The topological polar surface area (TPSA) is 51.0 Å². The van der Waals surface area contributed by atoms with Crippen LogP contribution in [0.25, 0.3) is 0 Å². The van der Waals surface area contributed by atoms with Gasteiger partial charge in [0.15, 0.2) is 0 Å². The van der Waals surface area contributed by atoms with Crippen LogP contribution in [0.4, 0.5) is 0 Å². The average Bonchev–Trinajstić information content (AvgIpc) is 2.99. The summed E-state index contributed by atoms with van der Waals surface area (Å²) in [5.74, 6) is 1.91. The summed E-state index contributed by atoms with van der Waals surface area (Å²) in [6.07, 6.45) is 7.03. The second-order valence-corrected chi connectivity index (χ2v) is 6.76. The Labute approximate surface area is 122 Å². The van der Waals surface area contributed by atoms with E-state index in [2.05, 4.69) is 27.0 Å². The smallest absolute Gasteiger partial charge is 0.224 e. The van der Waals surface area contributed by atoms with Gasteiger partial charge in [0.05, 0.1) is 5.92 Å². The van der Waals surface area contributed by atoms with Gasteiger partial charge in [0, 0.05) is 23.9 Å². The van der Waals surface area contributed by atoms with E-state index in [0.29, 0.717) is 5.92 Å². The number of hydrogen-bond donors (Lipinski definition) is 1. The van der Waals surface area contributed by atoms with Crippen molar-refractivity contribution in [3.63, 3.8) is 0 Å². The molecular formula is C15H19N3OS. The fourth-order valence-corrected chi connectivity index (χ4v) is 3.91. The molecule has 5 heteroatoms. The van der Waals surface area contributed by atoms with E-state index in [1.165, 1.54) is 36.1 Å². The zero-order valence-corrected chi connectivity index (χ0v) is 12.3. The molecule has 4 nitrogen and oxygen atoms in total. The summed E-state index contributed by atoms with van der Waals surface area (Å²) in [4.78, 5) is 1.50. The van der Waals surface area contributed by atoms with Gasteiger partial charge in [0.1, 0.15) is 0 Å². The Morgan fingerprint density at radius 2 is 2.25 bits per heavy atom. The molecule has 4 rings (SSSR count). The highest BCUT2D eigenvalue weighted by atomic mass is 32.1. The first kappa shape index (κ1) is 12.5. The van der Waals surface area contributed by atoms with Crippen LogP contribution in [0, 0.1) is 0 Å². The molecule has 2 aliphatic rings.